The van der Waals surface area contributed by atoms with E-state index in [0.29, 0.717) is 29.7 Å². The van der Waals surface area contributed by atoms with Gasteiger partial charge in [0.25, 0.3) is 5.91 Å². The summed E-state index contributed by atoms with van der Waals surface area (Å²) < 4.78 is 5.64. The third-order valence-electron chi connectivity index (χ3n) is 4.65. The Morgan fingerprint density at radius 2 is 2.00 bits per heavy atom. The first-order valence-corrected chi connectivity index (χ1v) is 8.81. The number of nitrogens with zero attached hydrogens (tertiary/aromatic N) is 2. The molecule has 0 bridgehead atoms. The number of benzene rings is 1. The van der Waals surface area contributed by atoms with E-state index < -0.39 is 0 Å². The molecule has 2 aromatic rings. The molecule has 1 aromatic carbocycles. The molecule has 1 atom stereocenters. The summed E-state index contributed by atoms with van der Waals surface area (Å²) in [6, 6.07) is 7.08. The average Bonchev–Trinajstić information content (AvgIpc) is 2.67. The minimum absolute atomic E-state index is 0. The highest BCUT2D eigenvalue weighted by molar-refractivity contribution is 5.94. The number of carbonyl (C=O) groups is 1. The topological polar surface area (TPSA) is 90.1 Å². The van der Waals surface area contributed by atoms with E-state index in [1.54, 1.807) is 36.7 Å². The van der Waals surface area contributed by atoms with Gasteiger partial charge in [-0.25, -0.2) is 4.98 Å². The predicted octanol–water partition coefficient (Wildman–Crippen LogP) is 3.75. The van der Waals surface area contributed by atoms with E-state index in [-0.39, 0.29) is 36.8 Å². The van der Waals surface area contributed by atoms with Crippen LogP contribution in [0.2, 0.25) is 0 Å². The van der Waals surface area contributed by atoms with Crippen LogP contribution in [-0.4, -0.2) is 28.5 Å². The molecule has 1 unspecified atom stereocenters. The van der Waals surface area contributed by atoms with Crippen LogP contribution in [0.25, 0.3) is 0 Å². The van der Waals surface area contributed by atoms with E-state index in [1.807, 2.05) is 0 Å². The molecule has 3 N–H and O–H groups in total. The molecule has 1 aliphatic rings. The number of hydrogen-bond donors (Lipinski definition) is 2. The number of halogens is 2. The van der Waals surface area contributed by atoms with E-state index in [9.17, 15) is 4.79 Å². The van der Waals surface area contributed by atoms with Crippen LogP contribution in [0.3, 0.4) is 0 Å². The van der Waals surface area contributed by atoms with Crippen molar-refractivity contribution in [2.45, 2.75) is 38.1 Å². The number of ether oxygens (including phenoxy) is 1. The van der Waals surface area contributed by atoms with Crippen molar-refractivity contribution in [3.63, 3.8) is 0 Å². The van der Waals surface area contributed by atoms with E-state index >= 15 is 0 Å². The number of aromatic nitrogens is 2. The van der Waals surface area contributed by atoms with Crippen LogP contribution in [0.4, 0.5) is 0 Å². The van der Waals surface area contributed by atoms with E-state index in [2.05, 4.69) is 15.3 Å². The van der Waals surface area contributed by atoms with Gasteiger partial charge in [0.15, 0.2) is 0 Å². The second-order valence-electron chi connectivity index (χ2n) is 6.39. The zero-order valence-electron chi connectivity index (χ0n) is 15.0. The van der Waals surface area contributed by atoms with Crippen molar-refractivity contribution in [2.24, 2.45) is 11.7 Å². The van der Waals surface area contributed by atoms with Crippen molar-refractivity contribution in [1.82, 2.24) is 15.3 Å². The molecule has 1 heterocycles. The average molecular weight is 413 g/mol. The molecular formula is C19H26Cl2N4O2. The Balaban J connectivity index is 0.00000182. The largest absolute Gasteiger partial charge is 0.437 e. The van der Waals surface area contributed by atoms with Crippen LogP contribution < -0.4 is 15.8 Å². The summed E-state index contributed by atoms with van der Waals surface area (Å²) >= 11 is 0. The van der Waals surface area contributed by atoms with Gasteiger partial charge < -0.3 is 15.8 Å². The Kier molecular flexibility index (Phi) is 10.1. The third kappa shape index (κ3) is 6.65. The summed E-state index contributed by atoms with van der Waals surface area (Å²) in [4.78, 5) is 20.6. The van der Waals surface area contributed by atoms with Gasteiger partial charge in [-0.15, -0.1) is 24.8 Å². The summed E-state index contributed by atoms with van der Waals surface area (Å²) in [5.41, 5.74) is 6.46. The van der Waals surface area contributed by atoms with Crippen molar-refractivity contribution in [3.05, 3.63) is 48.4 Å². The number of rotatable bonds is 6. The van der Waals surface area contributed by atoms with Crippen LogP contribution in [0.5, 0.6) is 11.6 Å². The Morgan fingerprint density at radius 1 is 1.22 bits per heavy atom. The number of carbonyl (C=O) groups excluding carboxylic acids is 1. The minimum Gasteiger partial charge on any atom is -0.437 e. The molecule has 27 heavy (non-hydrogen) atoms. The fourth-order valence-corrected chi connectivity index (χ4v) is 3.32. The summed E-state index contributed by atoms with van der Waals surface area (Å²) in [5, 5.41) is 3.10. The van der Waals surface area contributed by atoms with Crippen LogP contribution in [-0.2, 0) is 0 Å². The molecule has 8 heteroatoms. The Labute approximate surface area is 172 Å². The molecule has 1 fully saturated rings. The Bertz CT molecular complexity index is 697. The monoisotopic (exact) mass is 412 g/mol. The van der Waals surface area contributed by atoms with E-state index in [4.69, 9.17) is 10.5 Å². The summed E-state index contributed by atoms with van der Waals surface area (Å²) in [6.07, 6.45) is 10.7. The molecule has 1 saturated carbocycles. The second-order valence-corrected chi connectivity index (χ2v) is 6.39. The lowest BCUT2D eigenvalue weighted by molar-refractivity contribution is 0.0915. The maximum absolute atomic E-state index is 12.6. The lowest BCUT2D eigenvalue weighted by atomic mass is 9.84. The first kappa shape index (κ1) is 23.1. The first-order chi connectivity index (χ1) is 12.3. The van der Waals surface area contributed by atoms with Gasteiger partial charge >= 0.3 is 0 Å². The van der Waals surface area contributed by atoms with Gasteiger partial charge in [-0.2, -0.15) is 0 Å². The van der Waals surface area contributed by atoms with Gasteiger partial charge in [-0.3, -0.25) is 9.78 Å². The highest BCUT2D eigenvalue weighted by Crippen LogP contribution is 2.26. The molecule has 1 aliphatic carbocycles. The maximum atomic E-state index is 12.6. The lowest BCUT2D eigenvalue weighted by Crippen LogP contribution is -2.45. The summed E-state index contributed by atoms with van der Waals surface area (Å²) in [6.45, 7) is 0.464. The van der Waals surface area contributed by atoms with Crippen molar-refractivity contribution in [1.29, 1.82) is 0 Å². The van der Waals surface area contributed by atoms with Gasteiger partial charge in [0.2, 0.25) is 5.88 Å². The van der Waals surface area contributed by atoms with Crippen LogP contribution in [0.1, 0.15) is 42.5 Å². The smallest absolute Gasteiger partial charge is 0.251 e. The molecule has 0 aliphatic heterocycles. The molecular weight excluding hydrogens is 387 g/mol. The summed E-state index contributed by atoms with van der Waals surface area (Å²) in [5.74, 6) is 1.30. The highest BCUT2D eigenvalue weighted by Gasteiger charge is 2.24. The molecule has 0 saturated heterocycles. The highest BCUT2D eigenvalue weighted by atomic mass is 35.5. The molecule has 0 radical (unpaired) electrons. The SMILES string of the molecule is Cl.Cl.NCC(NC(=O)c1cccc(Oc2cnccn2)c1)C1CCCCC1. The number of amides is 1. The number of hydrogen-bond acceptors (Lipinski definition) is 5. The van der Waals surface area contributed by atoms with Crippen LogP contribution in [0.15, 0.2) is 42.9 Å². The number of nitrogens with two attached hydrogens (primary N) is 1. The molecule has 6 nitrogen and oxygen atoms in total. The van der Waals surface area contributed by atoms with Crippen molar-refractivity contribution < 1.29 is 9.53 Å². The van der Waals surface area contributed by atoms with Gasteiger partial charge in [0.1, 0.15) is 5.75 Å². The van der Waals surface area contributed by atoms with Gasteiger partial charge in [0.05, 0.1) is 6.20 Å². The fourth-order valence-electron chi connectivity index (χ4n) is 3.32. The second kappa shape index (κ2) is 11.7. The first-order valence-electron chi connectivity index (χ1n) is 8.81. The van der Waals surface area contributed by atoms with E-state index in [0.717, 1.165) is 12.8 Å². The normalized spacial score (nSPS) is 15.0. The standard InChI is InChI=1S/C19H24N4O2.2ClH/c20-12-17(14-5-2-1-3-6-14)23-19(24)15-7-4-8-16(11-15)25-18-13-21-9-10-22-18;;/h4,7-11,13-14,17H,1-3,5-6,12,20H2,(H,23,24);2*1H. The zero-order chi connectivity index (χ0) is 17.5. The van der Waals surface area contributed by atoms with Crippen LogP contribution in [0, 0.1) is 5.92 Å². The minimum atomic E-state index is -0.120. The quantitative estimate of drug-likeness (QED) is 0.753. The van der Waals surface area contributed by atoms with Gasteiger partial charge in [-0.1, -0.05) is 25.3 Å². The third-order valence-corrected chi connectivity index (χ3v) is 4.65. The van der Waals surface area contributed by atoms with Crippen molar-refractivity contribution in [3.8, 4) is 11.6 Å². The molecule has 0 spiro atoms. The molecule has 3 rings (SSSR count). The zero-order valence-corrected chi connectivity index (χ0v) is 16.7. The van der Waals surface area contributed by atoms with Crippen LogP contribution >= 0.6 is 24.8 Å². The molecule has 148 valence electrons. The summed E-state index contributed by atoms with van der Waals surface area (Å²) in [7, 11) is 0. The molecule has 1 aromatic heterocycles. The predicted molar refractivity (Wildman–Crippen MR) is 110 cm³/mol. The fraction of sp³-hybridized carbons (Fsp3) is 0.421. The maximum Gasteiger partial charge on any atom is 0.251 e. The Morgan fingerprint density at radius 3 is 2.67 bits per heavy atom. The number of nitrogens with one attached hydrogen (secondary N) is 1. The van der Waals surface area contributed by atoms with Gasteiger partial charge in [-0.05, 0) is 37.0 Å². The Hall–Kier alpha value is -1.89. The molecule has 1 amide bonds. The van der Waals surface area contributed by atoms with Crippen molar-refractivity contribution in [2.75, 3.05) is 6.54 Å². The lowest BCUT2D eigenvalue weighted by Gasteiger charge is -2.30. The van der Waals surface area contributed by atoms with Gasteiger partial charge in [0, 0.05) is 30.5 Å². The van der Waals surface area contributed by atoms with E-state index in [1.165, 1.54) is 25.5 Å². The van der Waals surface area contributed by atoms with Crippen molar-refractivity contribution >= 4 is 30.7 Å².